The van der Waals surface area contributed by atoms with Crippen LogP contribution >= 0.6 is 0 Å². The molecule has 0 fully saturated rings. The molecule has 3 aromatic carbocycles. The third-order valence-corrected chi connectivity index (χ3v) is 4.89. The summed E-state index contributed by atoms with van der Waals surface area (Å²) in [6, 6.07) is 27.8. The predicted octanol–water partition coefficient (Wildman–Crippen LogP) is 6.24. The molecule has 0 spiro atoms. The van der Waals surface area contributed by atoms with Crippen LogP contribution < -0.4 is 10.1 Å². The lowest BCUT2D eigenvalue weighted by molar-refractivity contribution is 0.306. The third kappa shape index (κ3) is 5.70. The maximum Gasteiger partial charge on any atom is 0.119 e. The summed E-state index contributed by atoms with van der Waals surface area (Å²) in [6.45, 7) is 8.10. The Morgan fingerprint density at radius 3 is 1.96 bits per heavy atom. The molecule has 1 unspecified atom stereocenters. The van der Waals surface area contributed by atoms with E-state index in [0.29, 0.717) is 18.6 Å². The average Bonchev–Trinajstić information content (AvgIpc) is 2.72. The van der Waals surface area contributed by atoms with E-state index in [4.69, 9.17) is 4.74 Å². The second-order valence-corrected chi connectivity index (χ2v) is 7.34. The number of nitrogens with one attached hydrogen (secondary N) is 1. The second-order valence-electron chi connectivity index (χ2n) is 7.34. The lowest BCUT2D eigenvalue weighted by Gasteiger charge is -2.16. The highest BCUT2D eigenvalue weighted by molar-refractivity contribution is 5.29. The van der Waals surface area contributed by atoms with Crippen molar-refractivity contribution >= 4 is 0 Å². The first-order valence-electron chi connectivity index (χ1n) is 9.70. The topological polar surface area (TPSA) is 21.3 Å². The molecule has 27 heavy (non-hydrogen) atoms. The van der Waals surface area contributed by atoms with Crippen LogP contribution in [0.4, 0.5) is 0 Å². The molecule has 2 nitrogen and oxygen atoms in total. The molecular formula is C25H29NO. The van der Waals surface area contributed by atoms with Crippen LogP contribution in [-0.4, -0.2) is 0 Å². The Balaban J connectivity index is 1.49. The number of hydrogen-bond acceptors (Lipinski definition) is 2. The second kappa shape index (κ2) is 9.38. The van der Waals surface area contributed by atoms with Gasteiger partial charge in [-0.25, -0.2) is 0 Å². The van der Waals surface area contributed by atoms with E-state index in [0.717, 1.165) is 12.3 Å². The molecule has 0 saturated heterocycles. The molecule has 3 aromatic rings. The molecule has 0 aliphatic rings. The zero-order chi connectivity index (χ0) is 19.1. The van der Waals surface area contributed by atoms with E-state index in [2.05, 4.69) is 74.6 Å². The molecule has 0 bridgehead atoms. The fraction of sp³-hybridized carbons (Fsp3) is 0.280. The molecule has 2 heteroatoms. The van der Waals surface area contributed by atoms with Gasteiger partial charge in [0.25, 0.3) is 0 Å². The summed E-state index contributed by atoms with van der Waals surface area (Å²) in [7, 11) is 0. The summed E-state index contributed by atoms with van der Waals surface area (Å²) in [5, 5.41) is 3.60. The molecule has 0 amide bonds. The minimum Gasteiger partial charge on any atom is -0.489 e. The fourth-order valence-electron chi connectivity index (χ4n) is 3.00. The van der Waals surface area contributed by atoms with E-state index < -0.39 is 0 Å². The van der Waals surface area contributed by atoms with Crippen LogP contribution in [0.25, 0.3) is 0 Å². The molecule has 0 heterocycles. The average molecular weight is 360 g/mol. The van der Waals surface area contributed by atoms with Gasteiger partial charge < -0.3 is 10.1 Å². The van der Waals surface area contributed by atoms with Gasteiger partial charge >= 0.3 is 0 Å². The van der Waals surface area contributed by atoms with Crippen molar-refractivity contribution in [3.63, 3.8) is 0 Å². The van der Waals surface area contributed by atoms with Gasteiger partial charge in [-0.3, -0.25) is 0 Å². The molecule has 140 valence electrons. The van der Waals surface area contributed by atoms with Crippen LogP contribution in [0.3, 0.4) is 0 Å². The SMILES string of the molecule is CC(C)c1ccc(C(C)NCc2ccc(OCc3ccccc3)cc2)cc1. The van der Waals surface area contributed by atoms with Crippen molar-refractivity contribution in [1.82, 2.24) is 5.32 Å². The smallest absolute Gasteiger partial charge is 0.119 e. The third-order valence-electron chi connectivity index (χ3n) is 4.89. The van der Waals surface area contributed by atoms with Gasteiger partial charge in [0.05, 0.1) is 0 Å². The molecule has 0 saturated carbocycles. The first-order valence-corrected chi connectivity index (χ1v) is 9.70. The van der Waals surface area contributed by atoms with Crippen molar-refractivity contribution in [3.8, 4) is 5.75 Å². The van der Waals surface area contributed by atoms with E-state index in [1.807, 2.05) is 30.3 Å². The van der Waals surface area contributed by atoms with Gasteiger partial charge in [-0.2, -0.15) is 0 Å². The number of rotatable bonds is 8. The Hall–Kier alpha value is -2.58. The fourth-order valence-corrected chi connectivity index (χ4v) is 3.00. The predicted molar refractivity (Wildman–Crippen MR) is 113 cm³/mol. The van der Waals surface area contributed by atoms with Crippen molar-refractivity contribution in [2.24, 2.45) is 0 Å². The zero-order valence-corrected chi connectivity index (χ0v) is 16.5. The summed E-state index contributed by atoms with van der Waals surface area (Å²) in [5.74, 6) is 1.48. The molecule has 1 N–H and O–H groups in total. The van der Waals surface area contributed by atoms with Gasteiger partial charge in [0, 0.05) is 12.6 Å². The summed E-state index contributed by atoms with van der Waals surface area (Å²) in [6.07, 6.45) is 0. The molecule has 0 radical (unpaired) electrons. The zero-order valence-electron chi connectivity index (χ0n) is 16.5. The van der Waals surface area contributed by atoms with Crippen molar-refractivity contribution in [1.29, 1.82) is 0 Å². The quantitative estimate of drug-likeness (QED) is 0.514. The van der Waals surface area contributed by atoms with Crippen LogP contribution in [0.1, 0.15) is 55.0 Å². The minimum absolute atomic E-state index is 0.320. The highest BCUT2D eigenvalue weighted by Gasteiger charge is 2.06. The minimum atomic E-state index is 0.320. The van der Waals surface area contributed by atoms with Crippen molar-refractivity contribution in [2.75, 3.05) is 0 Å². The highest BCUT2D eigenvalue weighted by Crippen LogP contribution is 2.19. The maximum atomic E-state index is 5.85. The van der Waals surface area contributed by atoms with Crippen LogP contribution in [0.2, 0.25) is 0 Å². The summed E-state index contributed by atoms with van der Waals surface area (Å²) in [4.78, 5) is 0. The van der Waals surface area contributed by atoms with E-state index in [9.17, 15) is 0 Å². The van der Waals surface area contributed by atoms with Gasteiger partial charge in [0.1, 0.15) is 12.4 Å². The Morgan fingerprint density at radius 1 is 0.704 bits per heavy atom. The Morgan fingerprint density at radius 2 is 1.33 bits per heavy atom. The molecule has 0 aromatic heterocycles. The monoisotopic (exact) mass is 359 g/mol. The molecule has 0 aliphatic carbocycles. The van der Waals surface area contributed by atoms with E-state index >= 15 is 0 Å². The van der Waals surface area contributed by atoms with Crippen LogP contribution in [0, 0.1) is 0 Å². The molecular weight excluding hydrogens is 330 g/mol. The number of benzene rings is 3. The Labute approximate surface area is 163 Å². The van der Waals surface area contributed by atoms with Crippen molar-refractivity contribution < 1.29 is 4.74 Å². The van der Waals surface area contributed by atoms with Crippen LogP contribution in [-0.2, 0) is 13.2 Å². The first-order chi connectivity index (χ1) is 13.1. The van der Waals surface area contributed by atoms with Crippen LogP contribution in [0.15, 0.2) is 78.9 Å². The van der Waals surface area contributed by atoms with E-state index in [1.165, 1.54) is 22.3 Å². The lowest BCUT2D eigenvalue weighted by Crippen LogP contribution is -2.18. The van der Waals surface area contributed by atoms with Gasteiger partial charge in [-0.1, -0.05) is 80.6 Å². The molecule has 0 aliphatic heterocycles. The van der Waals surface area contributed by atoms with Gasteiger partial charge in [-0.05, 0) is 47.2 Å². The standard InChI is InChI=1S/C25H29NO/c1-19(2)23-11-13-24(14-12-23)20(3)26-17-21-9-15-25(16-10-21)27-18-22-7-5-4-6-8-22/h4-16,19-20,26H,17-18H2,1-3H3. The van der Waals surface area contributed by atoms with Gasteiger partial charge in [0.2, 0.25) is 0 Å². The van der Waals surface area contributed by atoms with Crippen molar-refractivity contribution in [3.05, 3.63) is 101 Å². The Kier molecular flexibility index (Phi) is 6.67. The number of hydrogen-bond donors (Lipinski definition) is 1. The highest BCUT2D eigenvalue weighted by atomic mass is 16.5. The van der Waals surface area contributed by atoms with Crippen molar-refractivity contribution in [2.45, 2.75) is 45.9 Å². The molecule has 1 atom stereocenters. The van der Waals surface area contributed by atoms with E-state index in [1.54, 1.807) is 0 Å². The molecule has 3 rings (SSSR count). The summed E-state index contributed by atoms with van der Waals surface area (Å²) in [5.41, 5.74) is 5.15. The lowest BCUT2D eigenvalue weighted by atomic mass is 9.99. The van der Waals surface area contributed by atoms with Gasteiger partial charge in [-0.15, -0.1) is 0 Å². The summed E-state index contributed by atoms with van der Waals surface area (Å²) >= 11 is 0. The van der Waals surface area contributed by atoms with Gasteiger partial charge in [0.15, 0.2) is 0 Å². The summed E-state index contributed by atoms with van der Waals surface area (Å²) < 4.78 is 5.85. The number of ether oxygens (including phenoxy) is 1. The van der Waals surface area contributed by atoms with Crippen LogP contribution in [0.5, 0.6) is 5.75 Å². The van der Waals surface area contributed by atoms with E-state index in [-0.39, 0.29) is 0 Å². The normalized spacial score (nSPS) is 12.1. The maximum absolute atomic E-state index is 5.85. The Bertz CT molecular complexity index is 807. The first kappa shape index (κ1) is 19.2. The largest absolute Gasteiger partial charge is 0.489 e.